The van der Waals surface area contributed by atoms with Gasteiger partial charge in [0.1, 0.15) is 0 Å². The van der Waals surface area contributed by atoms with Gasteiger partial charge in [-0.2, -0.15) is 0 Å². The van der Waals surface area contributed by atoms with Gasteiger partial charge in [0.05, 0.1) is 5.69 Å². The smallest absolute Gasteiger partial charge is 0.273 e. The monoisotopic (exact) mass is 243 g/mol. The summed E-state index contributed by atoms with van der Waals surface area (Å²) in [7, 11) is 0. The second kappa shape index (κ2) is 5.04. The fourth-order valence-electron chi connectivity index (χ4n) is 1.89. The average Bonchev–Trinajstić information content (AvgIpc) is 2.35. The zero-order chi connectivity index (χ0) is 13.1. The Bertz CT molecular complexity index is 588. The normalized spacial score (nSPS) is 10.8. The van der Waals surface area contributed by atoms with Crippen molar-refractivity contribution in [2.24, 2.45) is 5.92 Å². The Labute approximate surface area is 106 Å². The molecule has 0 atom stereocenters. The van der Waals surface area contributed by atoms with Crippen molar-refractivity contribution >= 4 is 5.69 Å². The number of pyridine rings is 2. The largest absolute Gasteiger partial charge is 0.394 e. The molecule has 0 saturated carbocycles. The Balaban J connectivity index is 2.51. The summed E-state index contributed by atoms with van der Waals surface area (Å²) >= 11 is 0. The Morgan fingerprint density at radius 2 is 1.94 bits per heavy atom. The minimum Gasteiger partial charge on any atom is -0.394 e. The second-order valence-electron chi connectivity index (χ2n) is 4.77. The Kier molecular flexibility index (Phi) is 3.46. The number of hydrogen-bond donors (Lipinski definition) is 1. The zero-order valence-electron chi connectivity index (χ0n) is 10.6. The first-order valence-electron chi connectivity index (χ1n) is 5.98. The van der Waals surface area contributed by atoms with Crippen LogP contribution in [-0.2, 0) is 6.54 Å². The van der Waals surface area contributed by atoms with Gasteiger partial charge in [0.2, 0.25) is 0 Å². The standard InChI is InChI=1S/C14H17N3O/c1-10(2)8-17-9-12(7-13(15)14(17)18)11-3-5-16-6-4-11/h3-7,9-10H,8,15H2,1-2H3. The molecule has 2 aromatic heterocycles. The molecule has 2 N–H and O–H groups in total. The predicted octanol–water partition coefficient (Wildman–Crippen LogP) is 2.15. The highest BCUT2D eigenvalue weighted by Gasteiger charge is 2.07. The molecule has 0 spiro atoms. The van der Waals surface area contributed by atoms with Crippen LogP contribution in [0.15, 0.2) is 41.6 Å². The van der Waals surface area contributed by atoms with E-state index in [-0.39, 0.29) is 11.2 Å². The maximum atomic E-state index is 11.9. The van der Waals surface area contributed by atoms with E-state index >= 15 is 0 Å². The van der Waals surface area contributed by atoms with Gasteiger partial charge in [-0.25, -0.2) is 0 Å². The molecule has 4 heteroatoms. The fraction of sp³-hybridized carbons (Fsp3) is 0.286. The van der Waals surface area contributed by atoms with Crippen molar-refractivity contribution in [1.82, 2.24) is 9.55 Å². The van der Waals surface area contributed by atoms with Crippen LogP contribution in [0.25, 0.3) is 11.1 Å². The number of nitrogen functional groups attached to an aromatic ring is 1. The molecule has 2 aromatic rings. The first-order chi connectivity index (χ1) is 8.58. The molecule has 18 heavy (non-hydrogen) atoms. The Morgan fingerprint density at radius 1 is 1.28 bits per heavy atom. The van der Waals surface area contributed by atoms with Crippen LogP contribution in [0.3, 0.4) is 0 Å². The zero-order valence-corrected chi connectivity index (χ0v) is 10.6. The number of anilines is 1. The molecule has 4 nitrogen and oxygen atoms in total. The van der Waals surface area contributed by atoms with Crippen LogP contribution in [0.1, 0.15) is 13.8 Å². The van der Waals surface area contributed by atoms with Gasteiger partial charge in [0.25, 0.3) is 5.56 Å². The van der Waals surface area contributed by atoms with E-state index < -0.39 is 0 Å². The second-order valence-corrected chi connectivity index (χ2v) is 4.77. The molecule has 94 valence electrons. The number of rotatable bonds is 3. The summed E-state index contributed by atoms with van der Waals surface area (Å²) in [6, 6.07) is 5.52. The van der Waals surface area contributed by atoms with Gasteiger partial charge in [-0.3, -0.25) is 9.78 Å². The maximum Gasteiger partial charge on any atom is 0.273 e. The summed E-state index contributed by atoms with van der Waals surface area (Å²) in [6.07, 6.45) is 5.31. The maximum absolute atomic E-state index is 11.9. The van der Waals surface area contributed by atoms with Crippen LogP contribution < -0.4 is 11.3 Å². The van der Waals surface area contributed by atoms with Gasteiger partial charge >= 0.3 is 0 Å². The van der Waals surface area contributed by atoms with Crippen molar-refractivity contribution in [3.05, 3.63) is 47.1 Å². The van der Waals surface area contributed by atoms with E-state index in [1.165, 1.54) is 0 Å². The molecule has 0 radical (unpaired) electrons. The Hall–Kier alpha value is -2.10. The molecule has 2 rings (SSSR count). The van der Waals surface area contributed by atoms with Crippen LogP contribution in [0.4, 0.5) is 5.69 Å². The highest BCUT2D eigenvalue weighted by atomic mass is 16.1. The first-order valence-corrected chi connectivity index (χ1v) is 5.98. The van der Waals surface area contributed by atoms with Crippen LogP contribution in [0, 0.1) is 5.92 Å². The van der Waals surface area contributed by atoms with Crippen LogP contribution >= 0.6 is 0 Å². The molecule has 0 amide bonds. The Morgan fingerprint density at radius 3 is 2.56 bits per heavy atom. The molecule has 0 bridgehead atoms. The van der Waals surface area contributed by atoms with E-state index in [0.29, 0.717) is 12.5 Å². The molecule has 0 aromatic carbocycles. The van der Waals surface area contributed by atoms with Gasteiger partial charge < -0.3 is 10.3 Å². The third kappa shape index (κ3) is 2.59. The molecule has 0 saturated heterocycles. The summed E-state index contributed by atoms with van der Waals surface area (Å²) in [4.78, 5) is 15.9. The van der Waals surface area contributed by atoms with E-state index in [9.17, 15) is 4.79 Å². The molecule has 0 aliphatic carbocycles. The van der Waals surface area contributed by atoms with Gasteiger partial charge in [0.15, 0.2) is 0 Å². The predicted molar refractivity (Wildman–Crippen MR) is 73.2 cm³/mol. The molecule has 0 fully saturated rings. The highest BCUT2D eigenvalue weighted by Crippen LogP contribution is 2.18. The fourth-order valence-corrected chi connectivity index (χ4v) is 1.89. The van der Waals surface area contributed by atoms with Crippen LogP contribution in [0.5, 0.6) is 0 Å². The van der Waals surface area contributed by atoms with Gasteiger partial charge in [-0.15, -0.1) is 0 Å². The van der Waals surface area contributed by atoms with Crippen molar-refractivity contribution in [3.63, 3.8) is 0 Å². The van der Waals surface area contributed by atoms with Crippen LogP contribution in [-0.4, -0.2) is 9.55 Å². The van der Waals surface area contributed by atoms with Crippen molar-refractivity contribution < 1.29 is 0 Å². The molecule has 0 unspecified atom stereocenters. The van der Waals surface area contributed by atoms with Crippen LogP contribution in [0.2, 0.25) is 0 Å². The average molecular weight is 243 g/mol. The molecular formula is C14H17N3O. The van der Waals surface area contributed by atoms with Gasteiger partial charge in [-0.1, -0.05) is 13.8 Å². The summed E-state index contributed by atoms with van der Waals surface area (Å²) in [5, 5.41) is 0. The van der Waals surface area contributed by atoms with Gasteiger partial charge in [0, 0.05) is 30.7 Å². The summed E-state index contributed by atoms with van der Waals surface area (Å²) < 4.78 is 1.68. The van der Waals surface area contributed by atoms with Crippen molar-refractivity contribution in [2.75, 3.05) is 5.73 Å². The minimum absolute atomic E-state index is 0.124. The lowest BCUT2D eigenvalue weighted by Gasteiger charge is -2.12. The number of aromatic nitrogens is 2. The first kappa shape index (κ1) is 12.4. The third-order valence-corrected chi connectivity index (χ3v) is 2.69. The van der Waals surface area contributed by atoms with Crippen molar-refractivity contribution in [3.8, 4) is 11.1 Å². The molecular weight excluding hydrogens is 226 g/mol. The minimum atomic E-state index is -0.124. The lowest BCUT2D eigenvalue weighted by Crippen LogP contribution is -2.24. The van der Waals surface area contributed by atoms with E-state index in [1.54, 1.807) is 23.0 Å². The molecule has 2 heterocycles. The molecule has 0 aliphatic rings. The summed E-state index contributed by atoms with van der Waals surface area (Å²) in [6.45, 7) is 4.81. The van der Waals surface area contributed by atoms with E-state index in [1.807, 2.05) is 18.3 Å². The van der Waals surface area contributed by atoms with E-state index in [4.69, 9.17) is 5.73 Å². The lowest BCUT2D eigenvalue weighted by molar-refractivity contribution is 0.512. The van der Waals surface area contributed by atoms with Crippen molar-refractivity contribution in [1.29, 1.82) is 0 Å². The lowest BCUT2D eigenvalue weighted by atomic mass is 10.1. The van der Waals surface area contributed by atoms with E-state index in [0.717, 1.165) is 11.1 Å². The number of hydrogen-bond acceptors (Lipinski definition) is 3. The van der Waals surface area contributed by atoms with E-state index in [2.05, 4.69) is 18.8 Å². The van der Waals surface area contributed by atoms with Crippen molar-refractivity contribution in [2.45, 2.75) is 20.4 Å². The number of nitrogens with zero attached hydrogens (tertiary/aromatic N) is 2. The number of nitrogens with two attached hydrogens (primary N) is 1. The summed E-state index contributed by atoms with van der Waals surface area (Å²) in [5.74, 6) is 0.398. The van der Waals surface area contributed by atoms with Gasteiger partial charge in [-0.05, 0) is 29.7 Å². The molecule has 0 aliphatic heterocycles. The topological polar surface area (TPSA) is 60.9 Å². The SMILES string of the molecule is CC(C)Cn1cc(-c2ccncc2)cc(N)c1=O. The summed E-state index contributed by atoms with van der Waals surface area (Å²) in [5.41, 5.74) is 7.89. The highest BCUT2D eigenvalue weighted by molar-refractivity contribution is 5.65. The quantitative estimate of drug-likeness (QED) is 0.898. The third-order valence-electron chi connectivity index (χ3n) is 2.69.